The SMILES string of the molecule is CN(C)c1ccc(NC(=O)COC(=O)CCS(=O)(=O)c2ccc(F)cc2)cc1. The molecule has 0 bridgehead atoms. The third-order valence-electron chi connectivity index (χ3n) is 3.78. The van der Waals surface area contributed by atoms with Crippen LogP contribution in [0.25, 0.3) is 0 Å². The van der Waals surface area contributed by atoms with Gasteiger partial charge < -0.3 is 15.0 Å². The summed E-state index contributed by atoms with van der Waals surface area (Å²) in [5, 5.41) is 2.58. The Morgan fingerprint density at radius 3 is 2.21 bits per heavy atom. The zero-order valence-electron chi connectivity index (χ0n) is 15.5. The van der Waals surface area contributed by atoms with Crippen LogP contribution < -0.4 is 10.2 Å². The van der Waals surface area contributed by atoms with Crippen molar-refractivity contribution in [2.45, 2.75) is 11.3 Å². The second-order valence-corrected chi connectivity index (χ2v) is 8.28. The van der Waals surface area contributed by atoms with Gasteiger partial charge in [-0.2, -0.15) is 0 Å². The molecule has 0 atom stereocenters. The van der Waals surface area contributed by atoms with Crippen LogP contribution in [0, 0.1) is 5.82 Å². The number of benzene rings is 2. The molecule has 0 unspecified atom stereocenters. The van der Waals surface area contributed by atoms with Crippen molar-refractivity contribution in [2.75, 3.05) is 36.7 Å². The van der Waals surface area contributed by atoms with E-state index >= 15 is 0 Å². The predicted molar refractivity (Wildman–Crippen MR) is 103 cm³/mol. The summed E-state index contributed by atoms with van der Waals surface area (Å²) in [4.78, 5) is 25.4. The van der Waals surface area contributed by atoms with Crippen LogP contribution in [0.2, 0.25) is 0 Å². The molecule has 0 saturated carbocycles. The third-order valence-corrected chi connectivity index (χ3v) is 5.51. The van der Waals surface area contributed by atoms with E-state index in [1.165, 1.54) is 0 Å². The zero-order valence-corrected chi connectivity index (χ0v) is 16.3. The number of ether oxygens (including phenoxy) is 1. The maximum absolute atomic E-state index is 12.9. The van der Waals surface area contributed by atoms with Gasteiger partial charge in [0.15, 0.2) is 16.4 Å². The van der Waals surface area contributed by atoms with Gasteiger partial charge in [-0.3, -0.25) is 9.59 Å². The van der Waals surface area contributed by atoms with E-state index in [-0.39, 0.29) is 4.90 Å². The average molecular weight is 408 g/mol. The molecule has 9 heteroatoms. The van der Waals surface area contributed by atoms with Crippen molar-refractivity contribution in [3.8, 4) is 0 Å². The number of nitrogens with one attached hydrogen (secondary N) is 1. The lowest BCUT2D eigenvalue weighted by atomic mass is 10.2. The smallest absolute Gasteiger partial charge is 0.307 e. The molecule has 7 nitrogen and oxygen atoms in total. The van der Waals surface area contributed by atoms with Crippen LogP contribution >= 0.6 is 0 Å². The highest BCUT2D eigenvalue weighted by Gasteiger charge is 2.18. The maximum atomic E-state index is 12.9. The highest BCUT2D eigenvalue weighted by atomic mass is 32.2. The number of carbonyl (C=O) groups is 2. The quantitative estimate of drug-likeness (QED) is 0.532. The van der Waals surface area contributed by atoms with Crippen molar-refractivity contribution in [1.29, 1.82) is 0 Å². The van der Waals surface area contributed by atoms with Crippen LogP contribution in [-0.2, 0) is 24.2 Å². The van der Waals surface area contributed by atoms with Crippen LogP contribution in [0.5, 0.6) is 0 Å². The van der Waals surface area contributed by atoms with E-state index in [1.54, 1.807) is 12.1 Å². The molecule has 0 aliphatic carbocycles. The largest absolute Gasteiger partial charge is 0.456 e. The minimum Gasteiger partial charge on any atom is -0.456 e. The standard InChI is InChI=1S/C19H21FN2O5S/c1-22(2)16-7-5-15(6-8-16)21-18(23)13-27-19(24)11-12-28(25,26)17-9-3-14(20)4-10-17/h3-10H,11-13H2,1-2H3,(H,21,23). The number of hydrogen-bond donors (Lipinski definition) is 1. The van der Waals surface area contributed by atoms with E-state index in [2.05, 4.69) is 5.32 Å². The lowest BCUT2D eigenvalue weighted by Gasteiger charge is -2.13. The summed E-state index contributed by atoms with van der Waals surface area (Å²) in [6.45, 7) is -0.523. The molecule has 0 radical (unpaired) electrons. The Morgan fingerprint density at radius 2 is 1.64 bits per heavy atom. The summed E-state index contributed by atoms with van der Waals surface area (Å²) in [5.74, 6) is -2.40. The first kappa shape index (κ1) is 21.4. The number of amides is 1. The van der Waals surface area contributed by atoms with Gasteiger partial charge in [-0.05, 0) is 48.5 Å². The average Bonchev–Trinajstić information content (AvgIpc) is 2.65. The second-order valence-electron chi connectivity index (χ2n) is 6.17. The minimum absolute atomic E-state index is 0.0828. The van der Waals surface area contributed by atoms with Crippen molar-refractivity contribution in [3.05, 3.63) is 54.3 Å². The molecular weight excluding hydrogens is 387 g/mol. The van der Waals surface area contributed by atoms with Crippen LogP contribution in [0.1, 0.15) is 6.42 Å². The Kier molecular flexibility index (Phi) is 7.11. The van der Waals surface area contributed by atoms with Gasteiger partial charge in [-0.25, -0.2) is 12.8 Å². The van der Waals surface area contributed by atoms with E-state index in [9.17, 15) is 22.4 Å². The molecule has 1 N–H and O–H groups in total. The van der Waals surface area contributed by atoms with Gasteiger partial charge in [0.25, 0.3) is 5.91 Å². The molecule has 0 saturated heterocycles. The first-order valence-corrected chi connectivity index (χ1v) is 10.0. The van der Waals surface area contributed by atoms with E-state index < -0.39 is 46.3 Å². The molecule has 28 heavy (non-hydrogen) atoms. The first-order valence-electron chi connectivity index (χ1n) is 8.38. The van der Waals surface area contributed by atoms with Crippen molar-refractivity contribution >= 4 is 33.1 Å². The van der Waals surface area contributed by atoms with Crippen LogP contribution in [0.4, 0.5) is 15.8 Å². The molecule has 2 aromatic rings. The minimum atomic E-state index is -3.74. The third kappa shape index (κ3) is 6.34. The molecule has 0 aromatic heterocycles. The van der Waals surface area contributed by atoms with Gasteiger partial charge in [-0.15, -0.1) is 0 Å². The molecule has 2 aromatic carbocycles. The summed E-state index contributed by atoms with van der Waals surface area (Å²) in [6, 6.07) is 11.4. The summed E-state index contributed by atoms with van der Waals surface area (Å²) in [7, 11) is 0.0419. The van der Waals surface area contributed by atoms with Gasteiger partial charge in [-0.1, -0.05) is 0 Å². The number of anilines is 2. The fourth-order valence-corrected chi connectivity index (χ4v) is 3.46. The zero-order chi connectivity index (χ0) is 20.7. The monoisotopic (exact) mass is 408 g/mol. The van der Waals surface area contributed by atoms with Gasteiger partial charge in [0.05, 0.1) is 17.1 Å². The number of rotatable bonds is 8. The van der Waals surface area contributed by atoms with Gasteiger partial charge in [0.1, 0.15) is 5.82 Å². The Balaban J connectivity index is 1.78. The van der Waals surface area contributed by atoms with Crippen molar-refractivity contribution < 1.29 is 27.1 Å². The van der Waals surface area contributed by atoms with Crippen molar-refractivity contribution in [3.63, 3.8) is 0 Å². The van der Waals surface area contributed by atoms with E-state index in [1.807, 2.05) is 31.1 Å². The van der Waals surface area contributed by atoms with Crippen molar-refractivity contribution in [2.24, 2.45) is 0 Å². The first-order chi connectivity index (χ1) is 13.2. The van der Waals surface area contributed by atoms with E-state index in [0.717, 1.165) is 30.0 Å². The van der Waals surface area contributed by atoms with Gasteiger partial charge in [0.2, 0.25) is 0 Å². The highest BCUT2D eigenvalue weighted by molar-refractivity contribution is 7.91. The van der Waals surface area contributed by atoms with Crippen LogP contribution in [0.3, 0.4) is 0 Å². The number of esters is 1. The molecule has 2 rings (SSSR count). The van der Waals surface area contributed by atoms with Gasteiger partial charge >= 0.3 is 5.97 Å². The van der Waals surface area contributed by atoms with E-state index in [0.29, 0.717) is 5.69 Å². The predicted octanol–water partition coefficient (Wildman–Crippen LogP) is 2.24. The summed E-state index contributed by atoms with van der Waals surface area (Å²) in [5.41, 5.74) is 1.51. The number of nitrogens with zero attached hydrogens (tertiary/aromatic N) is 1. The van der Waals surface area contributed by atoms with Crippen LogP contribution in [0.15, 0.2) is 53.4 Å². The number of carbonyl (C=O) groups excluding carboxylic acids is 2. The molecule has 1 amide bonds. The highest BCUT2D eigenvalue weighted by Crippen LogP contribution is 2.16. The fraction of sp³-hybridized carbons (Fsp3) is 0.263. The number of halogens is 1. The Labute approximate surface area is 163 Å². The fourth-order valence-electron chi connectivity index (χ4n) is 2.24. The normalized spacial score (nSPS) is 11.0. The second kappa shape index (κ2) is 9.32. The van der Waals surface area contributed by atoms with Crippen molar-refractivity contribution in [1.82, 2.24) is 0 Å². The molecule has 150 valence electrons. The lowest BCUT2D eigenvalue weighted by molar-refractivity contribution is -0.146. The summed E-state index contributed by atoms with van der Waals surface area (Å²) < 4.78 is 41.9. The Hall–Kier alpha value is -2.94. The molecule has 0 heterocycles. The maximum Gasteiger partial charge on any atom is 0.307 e. The summed E-state index contributed by atoms with van der Waals surface area (Å²) in [6.07, 6.45) is -0.412. The summed E-state index contributed by atoms with van der Waals surface area (Å²) >= 11 is 0. The van der Waals surface area contributed by atoms with Crippen LogP contribution in [-0.4, -0.2) is 46.7 Å². The molecule has 0 aliphatic heterocycles. The number of sulfone groups is 1. The van der Waals surface area contributed by atoms with E-state index in [4.69, 9.17) is 4.74 Å². The Bertz CT molecular complexity index is 926. The topological polar surface area (TPSA) is 92.8 Å². The van der Waals surface area contributed by atoms with Gasteiger partial charge in [0, 0.05) is 25.5 Å². The molecule has 0 aliphatic rings. The molecule has 0 spiro atoms. The lowest BCUT2D eigenvalue weighted by Crippen LogP contribution is -2.22. The molecule has 0 fully saturated rings. The molecular formula is C19H21FN2O5S. The Morgan fingerprint density at radius 1 is 1.04 bits per heavy atom. The number of hydrogen-bond acceptors (Lipinski definition) is 6.